The summed E-state index contributed by atoms with van der Waals surface area (Å²) in [5.41, 5.74) is 8.51. The molecule has 4 rings (SSSR count). The smallest absolute Gasteiger partial charge is 0.328 e. The van der Waals surface area contributed by atoms with Gasteiger partial charge in [-0.2, -0.15) is 9.97 Å². The minimum Gasteiger partial charge on any atom is -0.496 e. The van der Waals surface area contributed by atoms with E-state index >= 15 is 0 Å². The minimum absolute atomic E-state index is 0.161. The predicted octanol–water partition coefficient (Wildman–Crippen LogP) is 1.64. The molecule has 3 N–H and O–H groups in total. The van der Waals surface area contributed by atoms with Crippen molar-refractivity contribution in [1.82, 2.24) is 19.5 Å². The molecule has 134 valence electrons. The first-order valence-electron chi connectivity index (χ1n) is 8.35. The van der Waals surface area contributed by atoms with Crippen molar-refractivity contribution in [2.24, 2.45) is 0 Å². The van der Waals surface area contributed by atoms with E-state index < -0.39 is 0 Å². The molecule has 0 aliphatic carbocycles. The van der Waals surface area contributed by atoms with Crippen molar-refractivity contribution in [2.75, 3.05) is 19.5 Å². The third kappa shape index (κ3) is 2.90. The van der Waals surface area contributed by atoms with E-state index in [0.717, 1.165) is 24.0 Å². The van der Waals surface area contributed by atoms with Crippen molar-refractivity contribution in [3.05, 3.63) is 52.0 Å². The molecule has 0 saturated carbocycles. The van der Waals surface area contributed by atoms with Crippen molar-refractivity contribution in [2.45, 2.75) is 19.4 Å². The quantitative estimate of drug-likeness (QED) is 0.644. The molecule has 0 unspecified atom stereocenters. The second-order valence-electron chi connectivity index (χ2n) is 6.07. The molecular weight excluding hydrogens is 334 g/mol. The lowest BCUT2D eigenvalue weighted by molar-refractivity contribution is 0.300. The van der Waals surface area contributed by atoms with Crippen LogP contribution in [0, 0.1) is 0 Å². The molecule has 0 spiro atoms. The van der Waals surface area contributed by atoms with E-state index in [1.165, 1.54) is 4.57 Å². The highest BCUT2D eigenvalue weighted by Crippen LogP contribution is 2.24. The van der Waals surface area contributed by atoms with Gasteiger partial charge in [-0.25, -0.2) is 4.79 Å². The number of ether oxygens (including phenoxy) is 2. The van der Waals surface area contributed by atoms with Gasteiger partial charge in [-0.3, -0.25) is 4.57 Å². The number of aromatic amines is 1. The maximum absolute atomic E-state index is 12.5. The Morgan fingerprint density at radius 1 is 1.31 bits per heavy atom. The number of imidazole rings is 1. The molecule has 3 aromatic rings. The third-order valence-electron chi connectivity index (χ3n) is 4.34. The van der Waals surface area contributed by atoms with Crippen LogP contribution in [0.4, 0.5) is 5.82 Å². The summed E-state index contributed by atoms with van der Waals surface area (Å²) in [5.74, 6) is 0.897. The Bertz CT molecular complexity index is 1050. The van der Waals surface area contributed by atoms with Crippen LogP contribution in [0.3, 0.4) is 0 Å². The van der Waals surface area contributed by atoms with Crippen LogP contribution in [0.25, 0.3) is 11.2 Å². The number of anilines is 1. The van der Waals surface area contributed by atoms with Gasteiger partial charge in [0.25, 0.3) is 0 Å². The minimum atomic E-state index is -0.308. The SMILES string of the molecule is COc1ccc2cc1Cn1c(=O)[nH]c3c(N)nc(nc31)OCC/C=C\C2. The van der Waals surface area contributed by atoms with E-state index in [0.29, 0.717) is 30.1 Å². The molecule has 0 saturated heterocycles. The molecule has 3 heterocycles. The van der Waals surface area contributed by atoms with Crippen molar-refractivity contribution >= 4 is 17.0 Å². The monoisotopic (exact) mass is 353 g/mol. The van der Waals surface area contributed by atoms with Crippen LogP contribution < -0.4 is 20.9 Å². The van der Waals surface area contributed by atoms with Crippen molar-refractivity contribution in [1.29, 1.82) is 0 Å². The van der Waals surface area contributed by atoms with Gasteiger partial charge in [-0.05, 0) is 30.5 Å². The highest BCUT2D eigenvalue weighted by atomic mass is 16.5. The van der Waals surface area contributed by atoms with Crippen LogP contribution >= 0.6 is 0 Å². The van der Waals surface area contributed by atoms with Crippen LogP contribution in [0.2, 0.25) is 0 Å². The number of rotatable bonds is 1. The number of nitrogens with zero attached hydrogens (tertiary/aromatic N) is 3. The van der Waals surface area contributed by atoms with Crippen LogP contribution in [-0.4, -0.2) is 33.2 Å². The zero-order valence-electron chi connectivity index (χ0n) is 14.4. The molecule has 26 heavy (non-hydrogen) atoms. The molecule has 0 atom stereocenters. The van der Waals surface area contributed by atoms with Gasteiger partial charge in [-0.1, -0.05) is 18.2 Å². The molecule has 0 fully saturated rings. The number of H-pyrrole nitrogens is 1. The van der Waals surface area contributed by atoms with E-state index in [-0.39, 0.29) is 17.5 Å². The van der Waals surface area contributed by atoms with Crippen LogP contribution in [0.5, 0.6) is 11.8 Å². The van der Waals surface area contributed by atoms with E-state index in [2.05, 4.69) is 27.1 Å². The molecule has 4 bridgehead atoms. The number of benzene rings is 1. The number of hydrogen-bond donors (Lipinski definition) is 2. The normalized spacial score (nSPS) is 15.4. The molecule has 2 aromatic heterocycles. The second-order valence-corrected chi connectivity index (χ2v) is 6.07. The lowest BCUT2D eigenvalue weighted by Crippen LogP contribution is -2.18. The van der Waals surface area contributed by atoms with E-state index in [1.54, 1.807) is 7.11 Å². The summed E-state index contributed by atoms with van der Waals surface area (Å²) in [6.45, 7) is 0.736. The maximum Gasteiger partial charge on any atom is 0.328 e. The van der Waals surface area contributed by atoms with E-state index in [9.17, 15) is 4.79 Å². The van der Waals surface area contributed by atoms with Gasteiger partial charge in [0.05, 0.1) is 20.3 Å². The van der Waals surface area contributed by atoms with Crippen LogP contribution in [0.1, 0.15) is 17.5 Å². The summed E-state index contributed by atoms with van der Waals surface area (Å²) in [6.07, 6.45) is 5.67. The first kappa shape index (κ1) is 16.2. The number of aromatic nitrogens is 4. The fourth-order valence-electron chi connectivity index (χ4n) is 3.05. The zero-order valence-corrected chi connectivity index (χ0v) is 14.4. The zero-order chi connectivity index (χ0) is 18.1. The van der Waals surface area contributed by atoms with Gasteiger partial charge >= 0.3 is 11.7 Å². The standard InChI is InChI=1S/C18H19N5O3/c1-25-13-7-6-11-5-3-2-4-8-26-17-21-15(19)14-16(22-17)23(18(24)20-14)10-12(13)9-11/h2-3,6-7,9H,4-5,8,10H2,1H3,(H,20,24)(H2,19,21,22)/b3-2-. The van der Waals surface area contributed by atoms with Crippen LogP contribution in [0.15, 0.2) is 35.1 Å². The first-order chi connectivity index (χ1) is 12.7. The summed E-state index contributed by atoms with van der Waals surface area (Å²) in [4.78, 5) is 23.7. The summed E-state index contributed by atoms with van der Waals surface area (Å²) in [7, 11) is 1.61. The fourth-order valence-corrected chi connectivity index (χ4v) is 3.05. The average Bonchev–Trinajstić information content (AvgIpc) is 2.94. The second kappa shape index (κ2) is 6.55. The van der Waals surface area contributed by atoms with E-state index in [1.807, 2.05) is 18.2 Å². The Morgan fingerprint density at radius 2 is 2.19 bits per heavy atom. The van der Waals surface area contributed by atoms with Gasteiger partial charge in [0.15, 0.2) is 11.5 Å². The number of nitrogens with two attached hydrogens (primary N) is 1. The number of methoxy groups -OCH3 is 1. The van der Waals surface area contributed by atoms with Gasteiger partial charge in [0.1, 0.15) is 11.3 Å². The molecule has 1 aliphatic rings. The molecular formula is C18H19N5O3. The molecule has 1 aromatic carbocycles. The Morgan fingerprint density at radius 3 is 3.04 bits per heavy atom. The topological polar surface area (TPSA) is 108 Å². The highest BCUT2D eigenvalue weighted by molar-refractivity contribution is 5.82. The molecule has 8 heteroatoms. The maximum atomic E-state index is 12.5. The van der Waals surface area contributed by atoms with Crippen LogP contribution in [-0.2, 0) is 13.0 Å². The molecule has 0 amide bonds. The lowest BCUT2D eigenvalue weighted by atomic mass is 10.1. The fraction of sp³-hybridized carbons (Fsp3) is 0.278. The average molecular weight is 353 g/mol. The summed E-state index contributed by atoms with van der Waals surface area (Å²) >= 11 is 0. The summed E-state index contributed by atoms with van der Waals surface area (Å²) in [6, 6.07) is 6.14. The number of fused-ring (bicyclic) bond motifs is 3. The Hall–Kier alpha value is -3.29. The molecule has 0 radical (unpaired) electrons. The Kier molecular flexibility index (Phi) is 4.08. The number of hydrogen-bond acceptors (Lipinski definition) is 6. The lowest BCUT2D eigenvalue weighted by Gasteiger charge is -2.12. The Balaban J connectivity index is 1.92. The van der Waals surface area contributed by atoms with Crippen molar-refractivity contribution in [3.63, 3.8) is 0 Å². The molecule has 8 nitrogen and oxygen atoms in total. The van der Waals surface area contributed by atoms with Crippen molar-refractivity contribution in [3.8, 4) is 11.8 Å². The van der Waals surface area contributed by atoms with Gasteiger partial charge < -0.3 is 20.2 Å². The first-order valence-corrected chi connectivity index (χ1v) is 8.35. The molecule has 1 aliphatic heterocycles. The predicted molar refractivity (Wildman–Crippen MR) is 97.6 cm³/mol. The number of nitrogen functional groups attached to an aromatic ring is 1. The van der Waals surface area contributed by atoms with Gasteiger partial charge in [0, 0.05) is 5.56 Å². The third-order valence-corrected chi connectivity index (χ3v) is 4.34. The summed E-state index contributed by atoms with van der Waals surface area (Å²) in [5, 5.41) is 0. The van der Waals surface area contributed by atoms with Crippen molar-refractivity contribution < 1.29 is 9.47 Å². The van der Waals surface area contributed by atoms with Gasteiger partial charge in [-0.15, -0.1) is 0 Å². The highest BCUT2D eigenvalue weighted by Gasteiger charge is 2.16. The summed E-state index contributed by atoms with van der Waals surface area (Å²) < 4.78 is 12.6. The largest absolute Gasteiger partial charge is 0.496 e. The Labute approximate surface area is 149 Å². The van der Waals surface area contributed by atoms with E-state index in [4.69, 9.17) is 15.2 Å². The number of nitrogens with one attached hydrogen (secondary N) is 1. The van der Waals surface area contributed by atoms with Gasteiger partial charge in [0.2, 0.25) is 0 Å². The number of allylic oxidation sites excluding steroid dienone is 1.